The van der Waals surface area contributed by atoms with Crippen LogP contribution in [-0.2, 0) is 6.54 Å². The van der Waals surface area contributed by atoms with Crippen molar-refractivity contribution in [3.63, 3.8) is 0 Å². The Balaban J connectivity index is 1.59. The van der Waals surface area contributed by atoms with Gasteiger partial charge in [0.15, 0.2) is 0 Å². The lowest BCUT2D eigenvalue weighted by Gasteiger charge is -2.35. The van der Waals surface area contributed by atoms with Gasteiger partial charge in [-0.2, -0.15) is 0 Å². The number of pyridine rings is 1. The van der Waals surface area contributed by atoms with E-state index in [-0.39, 0.29) is 0 Å². The first kappa shape index (κ1) is 14.5. The topological polar surface area (TPSA) is 45.4 Å². The lowest BCUT2D eigenvalue weighted by Crippen LogP contribution is -2.46. The smallest absolute Gasteiger partial charge is 0.138 e. The first-order valence-electron chi connectivity index (χ1n) is 7.14. The molecule has 0 atom stereocenters. The molecule has 0 saturated carbocycles. The van der Waals surface area contributed by atoms with Crippen LogP contribution in [-0.4, -0.2) is 41.2 Å². The number of aryl methyl sites for hydroxylation is 2. The van der Waals surface area contributed by atoms with E-state index in [1.165, 1.54) is 5.56 Å². The molecular weight excluding hydrogens is 332 g/mol. The second-order valence-electron chi connectivity index (χ2n) is 5.40. The summed E-state index contributed by atoms with van der Waals surface area (Å²) < 4.78 is 6.25. The third kappa shape index (κ3) is 3.27. The first-order valence-corrected chi connectivity index (χ1v) is 7.93. The van der Waals surface area contributed by atoms with Gasteiger partial charge in [-0.15, -0.1) is 0 Å². The average Bonchev–Trinajstić information content (AvgIpc) is 2.81. The zero-order valence-electron chi connectivity index (χ0n) is 12.3. The molecule has 1 saturated heterocycles. The van der Waals surface area contributed by atoms with Crippen molar-refractivity contribution < 1.29 is 4.52 Å². The minimum Gasteiger partial charge on any atom is -0.361 e. The van der Waals surface area contributed by atoms with Crippen LogP contribution in [0.15, 0.2) is 27.3 Å². The van der Waals surface area contributed by atoms with E-state index in [4.69, 9.17) is 4.52 Å². The standard InChI is InChI=1S/C15H19BrN4O/c1-11-14(12(2)21-18-11)10-19-5-7-20(8-6-19)15-4-3-13(16)9-17-15/h3-4,9H,5-8,10H2,1-2H3. The summed E-state index contributed by atoms with van der Waals surface area (Å²) in [5, 5.41) is 4.03. The van der Waals surface area contributed by atoms with Crippen molar-refractivity contribution in [1.82, 2.24) is 15.0 Å². The molecule has 3 heterocycles. The molecular formula is C15H19BrN4O. The van der Waals surface area contributed by atoms with Gasteiger partial charge in [0.2, 0.25) is 0 Å². The van der Waals surface area contributed by atoms with Crippen molar-refractivity contribution >= 4 is 21.7 Å². The molecule has 1 fully saturated rings. The van der Waals surface area contributed by atoms with Crippen LogP contribution in [0.1, 0.15) is 17.0 Å². The maximum atomic E-state index is 5.24. The number of halogens is 1. The van der Waals surface area contributed by atoms with E-state index in [1.54, 1.807) is 0 Å². The fraction of sp³-hybridized carbons (Fsp3) is 0.467. The van der Waals surface area contributed by atoms with E-state index in [1.807, 2.05) is 26.1 Å². The molecule has 0 unspecified atom stereocenters. The van der Waals surface area contributed by atoms with E-state index in [0.717, 1.165) is 54.5 Å². The molecule has 112 valence electrons. The largest absolute Gasteiger partial charge is 0.361 e. The second kappa shape index (κ2) is 6.15. The Kier molecular flexibility index (Phi) is 4.26. The predicted molar refractivity (Wildman–Crippen MR) is 85.4 cm³/mol. The molecule has 0 radical (unpaired) electrons. The molecule has 0 N–H and O–H groups in total. The van der Waals surface area contributed by atoms with Crippen LogP contribution in [0.25, 0.3) is 0 Å². The summed E-state index contributed by atoms with van der Waals surface area (Å²) in [6.45, 7) is 8.97. The Labute approximate surface area is 133 Å². The van der Waals surface area contributed by atoms with E-state index in [2.05, 4.69) is 41.9 Å². The first-order chi connectivity index (χ1) is 10.1. The molecule has 1 aliphatic heterocycles. The van der Waals surface area contributed by atoms with Crippen LogP contribution in [0.4, 0.5) is 5.82 Å². The van der Waals surface area contributed by atoms with Crippen molar-refractivity contribution in [2.45, 2.75) is 20.4 Å². The molecule has 2 aromatic heterocycles. The van der Waals surface area contributed by atoms with Crippen molar-refractivity contribution in [3.05, 3.63) is 39.8 Å². The van der Waals surface area contributed by atoms with Gasteiger partial charge in [0.1, 0.15) is 11.6 Å². The number of piperazine rings is 1. The van der Waals surface area contributed by atoms with E-state index < -0.39 is 0 Å². The highest BCUT2D eigenvalue weighted by atomic mass is 79.9. The Hall–Kier alpha value is -1.40. The van der Waals surface area contributed by atoms with Crippen molar-refractivity contribution in [1.29, 1.82) is 0 Å². The highest BCUT2D eigenvalue weighted by Gasteiger charge is 2.20. The second-order valence-corrected chi connectivity index (χ2v) is 6.32. The zero-order chi connectivity index (χ0) is 14.8. The third-order valence-electron chi connectivity index (χ3n) is 3.97. The molecule has 0 spiro atoms. The highest BCUT2D eigenvalue weighted by molar-refractivity contribution is 9.10. The predicted octanol–water partition coefficient (Wildman–Crippen LogP) is 2.77. The quantitative estimate of drug-likeness (QED) is 0.851. The molecule has 0 aromatic carbocycles. The van der Waals surface area contributed by atoms with Gasteiger partial charge >= 0.3 is 0 Å². The van der Waals surface area contributed by atoms with Gasteiger partial charge in [0.25, 0.3) is 0 Å². The SMILES string of the molecule is Cc1noc(C)c1CN1CCN(c2ccc(Br)cn2)CC1. The van der Waals surface area contributed by atoms with Gasteiger partial charge < -0.3 is 9.42 Å². The van der Waals surface area contributed by atoms with Gasteiger partial charge in [0.05, 0.1) is 5.69 Å². The number of nitrogens with zero attached hydrogens (tertiary/aromatic N) is 4. The maximum absolute atomic E-state index is 5.24. The number of rotatable bonds is 3. The molecule has 2 aromatic rings. The average molecular weight is 351 g/mol. The minimum absolute atomic E-state index is 0.919. The molecule has 5 nitrogen and oxygen atoms in total. The van der Waals surface area contributed by atoms with E-state index in [9.17, 15) is 0 Å². The highest BCUT2D eigenvalue weighted by Crippen LogP contribution is 2.19. The lowest BCUT2D eigenvalue weighted by atomic mass is 10.2. The fourth-order valence-electron chi connectivity index (χ4n) is 2.64. The van der Waals surface area contributed by atoms with E-state index in [0.29, 0.717) is 0 Å². The number of anilines is 1. The Morgan fingerprint density at radius 3 is 2.52 bits per heavy atom. The van der Waals surface area contributed by atoms with E-state index >= 15 is 0 Å². The van der Waals surface area contributed by atoms with Crippen molar-refractivity contribution in [3.8, 4) is 0 Å². The zero-order valence-corrected chi connectivity index (χ0v) is 13.9. The van der Waals surface area contributed by atoms with Crippen molar-refractivity contribution in [2.24, 2.45) is 0 Å². The lowest BCUT2D eigenvalue weighted by molar-refractivity contribution is 0.247. The van der Waals surface area contributed by atoms with Crippen molar-refractivity contribution in [2.75, 3.05) is 31.1 Å². The molecule has 21 heavy (non-hydrogen) atoms. The maximum Gasteiger partial charge on any atom is 0.138 e. The Morgan fingerprint density at radius 1 is 1.19 bits per heavy atom. The molecule has 0 bridgehead atoms. The van der Waals surface area contributed by atoms with Crippen LogP contribution in [0, 0.1) is 13.8 Å². The summed E-state index contributed by atoms with van der Waals surface area (Å²) in [6, 6.07) is 4.10. The summed E-state index contributed by atoms with van der Waals surface area (Å²) >= 11 is 3.42. The molecule has 1 aliphatic rings. The van der Waals surface area contributed by atoms with Gasteiger partial charge in [-0.25, -0.2) is 4.98 Å². The molecule has 0 amide bonds. The minimum atomic E-state index is 0.919. The Morgan fingerprint density at radius 2 is 1.95 bits per heavy atom. The van der Waals surface area contributed by atoms with Gasteiger partial charge in [-0.1, -0.05) is 5.16 Å². The van der Waals surface area contributed by atoms with Crippen LogP contribution < -0.4 is 4.90 Å². The fourth-order valence-corrected chi connectivity index (χ4v) is 2.88. The number of hydrogen-bond acceptors (Lipinski definition) is 5. The van der Waals surface area contributed by atoms with Crippen LogP contribution in [0.2, 0.25) is 0 Å². The monoisotopic (exact) mass is 350 g/mol. The summed E-state index contributed by atoms with van der Waals surface area (Å²) in [6.07, 6.45) is 1.85. The van der Waals surface area contributed by atoms with Gasteiger partial charge in [0, 0.05) is 49.0 Å². The summed E-state index contributed by atoms with van der Waals surface area (Å²) in [5.74, 6) is 1.99. The molecule has 6 heteroatoms. The van der Waals surface area contributed by atoms with Crippen LogP contribution in [0.3, 0.4) is 0 Å². The number of aromatic nitrogens is 2. The summed E-state index contributed by atoms with van der Waals surface area (Å²) in [5.41, 5.74) is 2.23. The molecule has 0 aliphatic carbocycles. The number of hydrogen-bond donors (Lipinski definition) is 0. The van der Waals surface area contributed by atoms with Crippen LogP contribution >= 0.6 is 15.9 Å². The van der Waals surface area contributed by atoms with Gasteiger partial charge in [-0.3, -0.25) is 4.90 Å². The van der Waals surface area contributed by atoms with Crippen LogP contribution in [0.5, 0.6) is 0 Å². The molecule has 3 rings (SSSR count). The third-order valence-corrected chi connectivity index (χ3v) is 4.44. The van der Waals surface area contributed by atoms with Gasteiger partial charge in [-0.05, 0) is 41.9 Å². The normalized spacial score (nSPS) is 16.4. The Bertz CT molecular complexity index is 583. The summed E-state index contributed by atoms with van der Waals surface area (Å²) in [7, 11) is 0. The summed E-state index contributed by atoms with van der Waals surface area (Å²) in [4.78, 5) is 9.24.